The molecule has 0 spiro atoms. The zero-order chi connectivity index (χ0) is 12.1. The van der Waals surface area contributed by atoms with Crippen LogP contribution in [0.5, 0.6) is 5.75 Å². The molecule has 0 fully saturated rings. The molecule has 0 heterocycles. The van der Waals surface area contributed by atoms with Crippen molar-refractivity contribution in [1.82, 2.24) is 0 Å². The summed E-state index contributed by atoms with van der Waals surface area (Å²) < 4.78 is 18.9. The summed E-state index contributed by atoms with van der Waals surface area (Å²) in [5.74, 6) is 0.0235. The van der Waals surface area contributed by atoms with Crippen LogP contribution in [-0.4, -0.2) is 12.1 Å². The molecular weight excluding hydrogens is 205 g/mol. The maximum Gasteiger partial charge on any atom is 0.165 e. The topological polar surface area (TPSA) is 35.2 Å². The van der Waals surface area contributed by atoms with Gasteiger partial charge in [0.1, 0.15) is 0 Å². The smallest absolute Gasteiger partial charge is 0.165 e. The van der Waals surface area contributed by atoms with E-state index in [4.69, 9.17) is 10.5 Å². The average Bonchev–Trinajstić information content (AvgIpc) is 2.18. The predicted molar refractivity (Wildman–Crippen MR) is 64.1 cm³/mol. The summed E-state index contributed by atoms with van der Waals surface area (Å²) in [7, 11) is 0. The largest absolute Gasteiger partial charge is 0.488 e. The molecule has 2 nitrogen and oxygen atoms in total. The van der Waals surface area contributed by atoms with E-state index < -0.39 is 0 Å². The highest BCUT2D eigenvalue weighted by Gasteiger charge is 2.06. The molecule has 0 aliphatic rings. The fourth-order valence-corrected chi connectivity index (χ4v) is 1.44. The van der Waals surface area contributed by atoms with Crippen LogP contribution in [0.4, 0.5) is 4.39 Å². The van der Waals surface area contributed by atoms with Gasteiger partial charge >= 0.3 is 0 Å². The van der Waals surface area contributed by atoms with Crippen LogP contribution in [0, 0.1) is 5.82 Å². The van der Waals surface area contributed by atoms with Gasteiger partial charge in [0.25, 0.3) is 0 Å². The van der Waals surface area contributed by atoms with Gasteiger partial charge < -0.3 is 10.5 Å². The van der Waals surface area contributed by atoms with Crippen molar-refractivity contribution in [3.8, 4) is 5.75 Å². The summed E-state index contributed by atoms with van der Waals surface area (Å²) in [5.41, 5.74) is 6.62. The van der Waals surface area contributed by atoms with E-state index in [2.05, 4.69) is 0 Å². The van der Waals surface area contributed by atoms with Crippen molar-refractivity contribution in [3.63, 3.8) is 0 Å². The van der Waals surface area contributed by atoms with Gasteiger partial charge in [0.05, 0.1) is 6.10 Å². The number of halogens is 1. The van der Waals surface area contributed by atoms with E-state index in [1.54, 1.807) is 6.07 Å². The maximum atomic E-state index is 13.6. The first-order valence-electron chi connectivity index (χ1n) is 5.69. The summed E-state index contributed by atoms with van der Waals surface area (Å²) >= 11 is 0. The Kier molecular flexibility index (Phi) is 4.74. The van der Waals surface area contributed by atoms with Gasteiger partial charge in [-0.2, -0.15) is 0 Å². The quantitative estimate of drug-likeness (QED) is 0.836. The third-order valence-electron chi connectivity index (χ3n) is 2.25. The van der Waals surface area contributed by atoms with Gasteiger partial charge in [0.2, 0.25) is 0 Å². The Morgan fingerprint density at radius 2 is 2.00 bits per heavy atom. The van der Waals surface area contributed by atoms with Crippen molar-refractivity contribution >= 4 is 0 Å². The number of benzene rings is 1. The standard InChI is InChI=1S/C13H20FNO/c1-9(2)16-13-7-6-11(8-12(13)14)5-4-10(3)15/h6-10H,4-5,15H2,1-3H3. The number of rotatable bonds is 5. The number of hydrogen-bond donors (Lipinski definition) is 1. The van der Waals surface area contributed by atoms with Crippen LogP contribution in [0.1, 0.15) is 32.8 Å². The fourth-order valence-electron chi connectivity index (χ4n) is 1.44. The minimum absolute atomic E-state index is 0.00980. The van der Waals surface area contributed by atoms with Crippen LogP contribution in [0.25, 0.3) is 0 Å². The number of ether oxygens (including phenoxy) is 1. The molecule has 0 aromatic heterocycles. The van der Waals surface area contributed by atoms with E-state index in [1.165, 1.54) is 6.07 Å². The molecule has 3 heteroatoms. The number of hydrogen-bond acceptors (Lipinski definition) is 2. The molecule has 0 bridgehead atoms. The molecule has 1 unspecified atom stereocenters. The van der Waals surface area contributed by atoms with Gasteiger partial charge in [0.15, 0.2) is 11.6 Å². The fraction of sp³-hybridized carbons (Fsp3) is 0.538. The van der Waals surface area contributed by atoms with Gasteiger partial charge in [0, 0.05) is 6.04 Å². The van der Waals surface area contributed by atoms with Crippen molar-refractivity contribution in [3.05, 3.63) is 29.6 Å². The zero-order valence-electron chi connectivity index (χ0n) is 10.2. The van der Waals surface area contributed by atoms with Crippen molar-refractivity contribution in [1.29, 1.82) is 0 Å². The summed E-state index contributed by atoms with van der Waals surface area (Å²) in [6.45, 7) is 5.71. The highest BCUT2D eigenvalue weighted by atomic mass is 19.1. The lowest BCUT2D eigenvalue weighted by molar-refractivity contribution is 0.231. The maximum absolute atomic E-state index is 13.6. The summed E-state index contributed by atoms with van der Waals surface area (Å²) in [6.07, 6.45) is 1.66. The van der Waals surface area contributed by atoms with Crippen LogP contribution in [0.3, 0.4) is 0 Å². The summed E-state index contributed by atoms with van der Waals surface area (Å²) in [6, 6.07) is 5.25. The summed E-state index contributed by atoms with van der Waals surface area (Å²) in [5, 5.41) is 0. The molecule has 0 amide bonds. The first kappa shape index (κ1) is 13.0. The van der Waals surface area contributed by atoms with Crippen molar-refractivity contribution in [2.45, 2.75) is 45.8 Å². The van der Waals surface area contributed by atoms with Crippen LogP contribution >= 0.6 is 0 Å². The lowest BCUT2D eigenvalue weighted by Crippen LogP contribution is -2.15. The van der Waals surface area contributed by atoms with Gasteiger partial charge in [-0.25, -0.2) is 4.39 Å². The monoisotopic (exact) mass is 225 g/mol. The Hall–Kier alpha value is -1.09. The van der Waals surface area contributed by atoms with E-state index >= 15 is 0 Å². The molecule has 0 saturated heterocycles. The lowest BCUT2D eigenvalue weighted by atomic mass is 10.1. The minimum Gasteiger partial charge on any atom is -0.488 e. The molecule has 1 aromatic carbocycles. The Labute approximate surface area is 96.6 Å². The third kappa shape index (κ3) is 4.19. The van der Waals surface area contributed by atoms with Crippen molar-refractivity contribution < 1.29 is 9.13 Å². The molecule has 90 valence electrons. The van der Waals surface area contributed by atoms with Gasteiger partial charge in [-0.05, 0) is 51.3 Å². The first-order chi connectivity index (χ1) is 7.49. The van der Waals surface area contributed by atoms with Crippen molar-refractivity contribution in [2.75, 3.05) is 0 Å². The first-order valence-corrected chi connectivity index (χ1v) is 5.69. The van der Waals surface area contributed by atoms with E-state index in [1.807, 2.05) is 26.8 Å². The van der Waals surface area contributed by atoms with Gasteiger partial charge in [-0.15, -0.1) is 0 Å². The van der Waals surface area contributed by atoms with E-state index in [-0.39, 0.29) is 18.0 Å². The van der Waals surface area contributed by atoms with Crippen LogP contribution < -0.4 is 10.5 Å². The van der Waals surface area contributed by atoms with Crippen LogP contribution in [0.2, 0.25) is 0 Å². The predicted octanol–water partition coefficient (Wildman–Crippen LogP) is 2.89. The molecular formula is C13H20FNO. The van der Waals surface area contributed by atoms with Gasteiger partial charge in [-0.3, -0.25) is 0 Å². The average molecular weight is 225 g/mol. The molecule has 0 aliphatic heterocycles. The van der Waals surface area contributed by atoms with E-state index in [0.29, 0.717) is 5.75 Å². The second-order valence-electron chi connectivity index (χ2n) is 4.45. The highest BCUT2D eigenvalue weighted by Crippen LogP contribution is 2.20. The SMILES string of the molecule is CC(N)CCc1ccc(OC(C)C)c(F)c1. The normalized spacial score (nSPS) is 12.9. The van der Waals surface area contributed by atoms with E-state index in [0.717, 1.165) is 18.4 Å². The number of nitrogens with two attached hydrogens (primary N) is 1. The Balaban J connectivity index is 2.67. The molecule has 2 N–H and O–H groups in total. The summed E-state index contributed by atoms with van der Waals surface area (Å²) in [4.78, 5) is 0. The van der Waals surface area contributed by atoms with Crippen molar-refractivity contribution in [2.24, 2.45) is 5.73 Å². The molecule has 16 heavy (non-hydrogen) atoms. The van der Waals surface area contributed by atoms with E-state index in [9.17, 15) is 4.39 Å². The molecule has 1 rings (SSSR count). The Morgan fingerprint density at radius 1 is 1.31 bits per heavy atom. The zero-order valence-corrected chi connectivity index (χ0v) is 10.2. The van der Waals surface area contributed by atoms with Crippen LogP contribution in [-0.2, 0) is 6.42 Å². The highest BCUT2D eigenvalue weighted by molar-refractivity contribution is 5.29. The number of aryl methyl sites for hydroxylation is 1. The minimum atomic E-state index is -0.295. The third-order valence-corrected chi connectivity index (χ3v) is 2.25. The molecule has 0 saturated carbocycles. The Morgan fingerprint density at radius 3 is 2.50 bits per heavy atom. The Bertz CT molecular complexity index is 337. The second kappa shape index (κ2) is 5.85. The molecule has 1 aromatic rings. The van der Waals surface area contributed by atoms with Gasteiger partial charge in [-0.1, -0.05) is 6.07 Å². The molecule has 0 radical (unpaired) electrons. The van der Waals surface area contributed by atoms with Crippen LogP contribution in [0.15, 0.2) is 18.2 Å². The molecule has 0 aliphatic carbocycles. The lowest BCUT2D eigenvalue weighted by Gasteiger charge is -2.11. The second-order valence-corrected chi connectivity index (χ2v) is 4.45. The molecule has 1 atom stereocenters.